The molecule has 0 bridgehead atoms. The lowest BCUT2D eigenvalue weighted by atomic mass is 10.0. The van der Waals surface area contributed by atoms with Gasteiger partial charge in [-0.1, -0.05) is 48.0 Å². The van der Waals surface area contributed by atoms with E-state index in [1.807, 2.05) is 42.5 Å². The zero-order valence-electron chi connectivity index (χ0n) is 20.8. The molecule has 0 aliphatic carbocycles. The lowest BCUT2D eigenvalue weighted by molar-refractivity contribution is 0.0881. The lowest BCUT2D eigenvalue weighted by Gasteiger charge is -2.32. The lowest BCUT2D eigenvalue weighted by Crippen LogP contribution is -2.42. The molecule has 1 saturated heterocycles. The van der Waals surface area contributed by atoms with Crippen LogP contribution in [-0.2, 0) is 11.3 Å². The average molecular weight is 536 g/mol. The van der Waals surface area contributed by atoms with E-state index < -0.39 is 5.82 Å². The van der Waals surface area contributed by atoms with Gasteiger partial charge >= 0.3 is 6.09 Å². The van der Waals surface area contributed by atoms with Crippen LogP contribution in [0.5, 0.6) is 5.75 Å². The van der Waals surface area contributed by atoms with Crippen molar-refractivity contribution in [1.29, 1.82) is 0 Å². The van der Waals surface area contributed by atoms with Crippen LogP contribution in [0, 0.1) is 5.82 Å². The molecule has 1 aliphatic rings. The second kappa shape index (κ2) is 11.5. The minimum Gasteiger partial charge on any atom is -0.495 e. The Morgan fingerprint density at radius 3 is 2.63 bits per heavy atom. The van der Waals surface area contributed by atoms with Gasteiger partial charge < -0.3 is 25.0 Å². The van der Waals surface area contributed by atoms with E-state index >= 15 is 0 Å². The summed E-state index contributed by atoms with van der Waals surface area (Å²) < 4.78 is 25.6. The third kappa shape index (κ3) is 5.73. The highest BCUT2D eigenvalue weighted by Gasteiger charge is 2.25. The SMILES string of the molecule is COc1cc2ncnc(Nc3cccc(Cl)c3F)c2cc1NC1CCN(C(=O)OCc2ccccc2)CC1. The molecule has 3 aromatic carbocycles. The number of nitrogens with one attached hydrogen (secondary N) is 2. The number of rotatable bonds is 7. The minimum atomic E-state index is -0.554. The minimum absolute atomic E-state index is 0.0210. The third-order valence-electron chi connectivity index (χ3n) is 6.48. The highest BCUT2D eigenvalue weighted by atomic mass is 35.5. The van der Waals surface area contributed by atoms with Gasteiger partial charge in [-0.3, -0.25) is 0 Å². The number of halogens is 2. The molecule has 2 N–H and O–H groups in total. The molecule has 1 amide bonds. The van der Waals surface area contributed by atoms with Crippen molar-refractivity contribution >= 4 is 45.8 Å². The van der Waals surface area contributed by atoms with Gasteiger partial charge in [0, 0.05) is 30.6 Å². The summed E-state index contributed by atoms with van der Waals surface area (Å²) in [5.41, 5.74) is 2.57. The summed E-state index contributed by atoms with van der Waals surface area (Å²) in [5, 5.41) is 7.28. The van der Waals surface area contributed by atoms with Crippen molar-refractivity contribution in [2.24, 2.45) is 0 Å². The van der Waals surface area contributed by atoms with Crippen molar-refractivity contribution in [2.45, 2.75) is 25.5 Å². The summed E-state index contributed by atoms with van der Waals surface area (Å²) >= 11 is 5.94. The van der Waals surface area contributed by atoms with Crippen LogP contribution in [0.4, 0.5) is 26.4 Å². The molecule has 0 radical (unpaired) electrons. The Bertz CT molecular complexity index is 1430. The van der Waals surface area contributed by atoms with Gasteiger partial charge in [0.1, 0.15) is 24.5 Å². The Morgan fingerprint density at radius 1 is 1.08 bits per heavy atom. The number of carbonyl (C=O) groups excluding carboxylic acids is 1. The maximum Gasteiger partial charge on any atom is 0.410 e. The molecule has 10 heteroatoms. The number of ether oxygens (including phenoxy) is 2. The Morgan fingerprint density at radius 2 is 1.87 bits per heavy atom. The number of aromatic nitrogens is 2. The first kappa shape index (κ1) is 25.5. The van der Waals surface area contributed by atoms with Gasteiger partial charge in [-0.15, -0.1) is 0 Å². The molecule has 8 nitrogen and oxygen atoms in total. The first-order chi connectivity index (χ1) is 18.5. The largest absolute Gasteiger partial charge is 0.495 e. The predicted octanol–water partition coefficient (Wildman–Crippen LogP) is 6.39. The highest BCUT2D eigenvalue weighted by Crippen LogP contribution is 2.35. The predicted molar refractivity (Wildman–Crippen MR) is 146 cm³/mol. The Kier molecular flexibility index (Phi) is 7.74. The first-order valence-corrected chi connectivity index (χ1v) is 12.7. The molecule has 38 heavy (non-hydrogen) atoms. The Labute approximate surface area is 224 Å². The van der Waals surface area contributed by atoms with Gasteiger partial charge in [0.15, 0.2) is 5.82 Å². The van der Waals surface area contributed by atoms with Gasteiger partial charge in [-0.05, 0) is 36.6 Å². The van der Waals surface area contributed by atoms with E-state index in [0.29, 0.717) is 35.6 Å². The molecule has 0 atom stereocenters. The summed E-state index contributed by atoms with van der Waals surface area (Å²) in [6.45, 7) is 1.40. The van der Waals surface area contributed by atoms with Gasteiger partial charge in [0.05, 0.1) is 29.0 Å². The van der Waals surface area contributed by atoms with Crippen molar-refractivity contribution in [3.63, 3.8) is 0 Å². The van der Waals surface area contributed by atoms with Crippen LogP contribution in [0.15, 0.2) is 67.0 Å². The number of hydrogen-bond donors (Lipinski definition) is 2. The fourth-order valence-electron chi connectivity index (χ4n) is 4.43. The summed E-state index contributed by atoms with van der Waals surface area (Å²) in [5.74, 6) is 0.514. The van der Waals surface area contributed by atoms with Crippen LogP contribution in [0.3, 0.4) is 0 Å². The molecule has 196 valence electrons. The molecule has 1 aromatic heterocycles. The van der Waals surface area contributed by atoms with Crippen molar-refractivity contribution in [3.05, 3.63) is 83.4 Å². The second-order valence-electron chi connectivity index (χ2n) is 8.96. The van der Waals surface area contributed by atoms with Gasteiger partial charge in [0.2, 0.25) is 0 Å². The van der Waals surface area contributed by atoms with E-state index in [-0.39, 0.29) is 29.5 Å². The number of carbonyl (C=O) groups is 1. The van der Waals surface area contributed by atoms with Crippen LogP contribution in [0.25, 0.3) is 10.9 Å². The molecule has 1 aliphatic heterocycles. The molecule has 0 unspecified atom stereocenters. The van der Waals surface area contributed by atoms with E-state index in [2.05, 4.69) is 20.6 Å². The van der Waals surface area contributed by atoms with Crippen molar-refractivity contribution in [2.75, 3.05) is 30.8 Å². The molecule has 1 fully saturated rings. The summed E-state index contributed by atoms with van der Waals surface area (Å²) in [7, 11) is 1.60. The van der Waals surface area contributed by atoms with E-state index in [1.54, 1.807) is 24.1 Å². The normalized spacial score (nSPS) is 13.8. The van der Waals surface area contributed by atoms with E-state index in [9.17, 15) is 9.18 Å². The number of piperidine rings is 1. The zero-order valence-corrected chi connectivity index (χ0v) is 21.5. The molecular weight excluding hydrogens is 509 g/mol. The Hall–Kier alpha value is -4.11. The number of hydrogen-bond acceptors (Lipinski definition) is 7. The number of fused-ring (bicyclic) bond motifs is 1. The maximum atomic E-state index is 14.5. The topological polar surface area (TPSA) is 88.6 Å². The van der Waals surface area contributed by atoms with E-state index in [4.69, 9.17) is 21.1 Å². The van der Waals surface area contributed by atoms with Crippen LogP contribution < -0.4 is 15.4 Å². The zero-order chi connectivity index (χ0) is 26.5. The summed E-state index contributed by atoms with van der Waals surface area (Å²) in [4.78, 5) is 22.9. The summed E-state index contributed by atoms with van der Waals surface area (Å²) in [6, 6.07) is 18.2. The maximum absolute atomic E-state index is 14.5. The standard InChI is InChI=1S/C28H27ClFN5O3/c1-37-25-15-23-20(27(32-17-31-23)34-22-9-5-8-21(29)26(22)30)14-24(25)33-19-10-12-35(13-11-19)28(36)38-16-18-6-3-2-4-7-18/h2-9,14-15,17,19,33H,10-13,16H2,1H3,(H,31,32,34). The fourth-order valence-corrected chi connectivity index (χ4v) is 4.60. The average Bonchev–Trinajstić information content (AvgIpc) is 2.95. The Balaban J connectivity index is 1.27. The molecule has 0 spiro atoms. The molecule has 2 heterocycles. The highest BCUT2D eigenvalue weighted by molar-refractivity contribution is 6.31. The van der Waals surface area contributed by atoms with Gasteiger partial charge in [-0.2, -0.15) is 0 Å². The van der Waals surface area contributed by atoms with Crippen LogP contribution in [-0.4, -0.2) is 47.2 Å². The van der Waals surface area contributed by atoms with Gasteiger partial charge in [0.25, 0.3) is 0 Å². The van der Waals surface area contributed by atoms with E-state index in [0.717, 1.165) is 24.1 Å². The smallest absolute Gasteiger partial charge is 0.410 e. The van der Waals surface area contributed by atoms with Crippen molar-refractivity contribution in [3.8, 4) is 5.75 Å². The number of benzene rings is 3. The third-order valence-corrected chi connectivity index (χ3v) is 6.77. The van der Waals surface area contributed by atoms with Gasteiger partial charge in [-0.25, -0.2) is 19.2 Å². The number of methoxy groups -OCH3 is 1. The molecule has 5 rings (SSSR count). The molecular formula is C28H27ClFN5O3. The van der Waals surface area contributed by atoms with Crippen molar-refractivity contribution < 1.29 is 18.7 Å². The van der Waals surface area contributed by atoms with E-state index in [1.165, 1.54) is 12.4 Å². The quantitative estimate of drug-likeness (QED) is 0.283. The van der Waals surface area contributed by atoms with Crippen molar-refractivity contribution in [1.82, 2.24) is 14.9 Å². The monoisotopic (exact) mass is 535 g/mol. The van der Waals surface area contributed by atoms with Crippen LogP contribution in [0.2, 0.25) is 5.02 Å². The second-order valence-corrected chi connectivity index (χ2v) is 9.37. The number of likely N-dealkylation sites (tertiary alicyclic amines) is 1. The number of amides is 1. The fraction of sp³-hybridized carbons (Fsp3) is 0.250. The molecule has 0 saturated carbocycles. The molecule has 4 aromatic rings. The number of nitrogens with zero attached hydrogens (tertiary/aromatic N) is 3. The number of anilines is 3. The summed E-state index contributed by atoms with van der Waals surface area (Å²) in [6.07, 6.45) is 2.58. The van der Waals surface area contributed by atoms with Crippen LogP contribution >= 0.6 is 11.6 Å². The first-order valence-electron chi connectivity index (χ1n) is 12.3. The van der Waals surface area contributed by atoms with Crippen LogP contribution in [0.1, 0.15) is 18.4 Å².